The van der Waals surface area contributed by atoms with Gasteiger partial charge in [-0.3, -0.25) is 0 Å². The van der Waals surface area contributed by atoms with Gasteiger partial charge in [0.15, 0.2) is 0 Å². The van der Waals surface area contributed by atoms with E-state index in [1.165, 1.54) is 0 Å². The lowest BCUT2D eigenvalue weighted by Gasteiger charge is -2.02. The fourth-order valence-corrected chi connectivity index (χ4v) is 0.937. The van der Waals surface area contributed by atoms with Crippen molar-refractivity contribution < 1.29 is 10.2 Å². The van der Waals surface area contributed by atoms with Crippen LogP contribution in [0.2, 0.25) is 0 Å². The van der Waals surface area contributed by atoms with Crippen LogP contribution in [0, 0.1) is 0 Å². The van der Waals surface area contributed by atoms with Crippen molar-refractivity contribution in [2.75, 3.05) is 6.61 Å². The van der Waals surface area contributed by atoms with Crippen molar-refractivity contribution in [1.29, 1.82) is 0 Å². The number of hydrogen-bond acceptors (Lipinski definition) is 2. The van der Waals surface area contributed by atoms with Crippen LogP contribution in [0.15, 0.2) is 30.8 Å². The van der Waals surface area contributed by atoms with Crippen LogP contribution >= 0.6 is 0 Å². The lowest BCUT2D eigenvalue weighted by atomic mass is 10.1. The zero-order chi connectivity index (χ0) is 8.97. The van der Waals surface area contributed by atoms with Gasteiger partial charge in [-0.05, 0) is 16.7 Å². The Kier molecular flexibility index (Phi) is 3.02. The van der Waals surface area contributed by atoms with E-state index < -0.39 is 0 Å². The molecule has 0 unspecified atom stereocenters. The summed E-state index contributed by atoms with van der Waals surface area (Å²) < 4.78 is 0. The van der Waals surface area contributed by atoms with E-state index in [0.717, 1.165) is 11.1 Å². The Hall–Kier alpha value is -1.12. The minimum absolute atomic E-state index is 0.0293. The van der Waals surface area contributed by atoms with Gasteiger partial charge in [0.05, 0.1) is 13.2 Å². The molecule has 64 valence electrons. The zero-order valence-corrected chi connectivity index (χ0v) is 6.83. The van der Waals surface area contributed by atoms with Crippen LogP contribution in [0.3, 0.4) is 0 Å². The van der Waals surface area contributed by atoms with Crippen molar-refractivity contribution >= 4 is 5.57 Å². The normalized spacial score (nSPS) is 9.83. The first-order valence-electron chi connectivity index (χ1n) is 3.76. The standard InChI is InChI=1S/C10H12O2/c1-8(6-11)10-4-2-9(7-12)3-5-10/h2-5,11-12H,1,6-7H2. The smallest absolute Gasteiger partial charge is 0.0681 e. The molecule has 1 rings (SSSR count). The molecule has 0 amide bonds. The summed E-state index contributed by atoms with van der Waals surface area (Å²) in [7, 11) is 0. The average Bonchev–Trinajstić information content (AvgIpc) is 2.17. The van der Waals surface area contributed by atoms with Gasteiger partial charge in [-0.15, -0.1) is 0 Å². The van der Waals surface area contributed by atoms with Crippen LogP contribution in [0.25, 0.3) is 5.57 Å². The largest absolute Gasteiger partial charge is 0.392 e. The van der Waals surface area contributed by atoms with Gasteiger partial charge in [-0.1, -0.05) is 30.8 Å². The van der Waals surface area contributed by atoms with E-state index in [9.17, 15) is 0 Å². The second kappa shape index (κ2) is 4.04. The Balaban J connectivity index is 2.84. The number of aliphatic hydroxyl groups excluding tert-OH is 2. The molecule has 0 radical (unpaired) electrons. The molecule has 2 nitrogen and oxygen atoms in total. The van der Waals surface area contributed by atoms with Crippen LogP contribution in [0.1, 0.15) is 11.1 Å². The molecule has 1 aromatic rings. The molecule has 0 aliphatic rings. The third-order valence-electron chi connectivity index (χ3n) is 1.74. The second-order valence-electron chi connectivity index (χ2n) is 2.62. The summed E-state index contributed by atoms with van der Waals surface area (Å²) in [6.45, 7) is 3.70. The second-order valence-corrected chi connectivity index (χ2v) is 2.62. The highest BCUT2D eigenvalue weighted by molar-refractivity contribution is 5.63. The molecule has 0 fully saturated rings. The maximum atomic E-state index is 8.77. The Morgan fingerprint density at radius 1 is 1.17 bits per heavy atom. The Morgan fingerprint density at radius 2 is 1.75 bits per heavy atom. The fourth-order valence-electron chi connectivity index (χ4n) is 0.937. The molecular formula is C10H12O2. The Bertz CT molecular complexity index is 262. The SMILES string of the molecule is C=C(CO)c1ccc(CO)cc1. The van der Waals surface area contributed by atoms with Crippen LogP contribution in [-0.4, -0.2) is 16.8 Å². The van der Waals surface area contributed by atoms with Crippen molar-refractivity contribution in [3.8, 4) is 0 Å². The molecule has 0 bridgehead atoms. The number of aliphatic hydroxyl groups is 2. The summed E-state index contributed by atoms with van der Waals surface area (Å²) in [5, 5.41) is 17.5. The molecule has 12 heavy (non-hydrogen) atoms. The third kappa shape index (κ3) is 1.94. The minimum Gasteiger partial charge on any atom is -0.392 e. The molecule has 1 aromatic carbocycles. The summed E-state index contributed by atoms with van der Waals surface area (Å²) in [6, 6.07) is 7.31. The molecule has 0 aliphatic carbocycles. The average molecular weight is 164 g/mol. The molecule has 0 saturated carbocycles. The monoisotopic (exact) mass is 164 g/mol. The molecule has 2 N–H and O–H groups in total. The topological polar surface area (TPSA) is 40.5 Å². The molecular weight excluding hydrogens is 152 g/mol. The number of rotatable bonds is 3. The van der Waals surface area contributed by atoms with Gasteiger partial charge in [0, 0.05) is 0 Å². The first kappa shape index (κ1) is 8.97. The van der Waals surface area contributed by atoms with E-state index in [2.05, 4.69) is 6.58 Å². The number of hydrogen-bond donors (Lipinski definition) is 2. The Morgan fingerprint density at radius 3 is 2.17 bits per heavy atom. The van der Waals surface area contributed by atoms with Crippen molar-refractivity contribution in [3.05, 3.63) is 42.0 Å². The lowest BCUT2D eigenvalue weighted by molar-refractivity contribution is 0.282. The van der Waals surface area contributed by atoms with E-state index in [-0.39, 0.29) is 13.2 Å². The highest BCUT2D eigenvalue weighted by Gasteiger charge is 1.96. The zero-order valence-electron chi connectivity index (χ0n) is 6.83. The lowest BCUT2D eigenvalue weighted by Crippen LogP contribution is -1.89. The van der Waals surface area contributed by atoms with Crippen molar-refractivity contribution in [2.45, 2.75) is 6.61 Å². The van der Waals surface area contributed by atoms with Gasteiger partial charge in [-0.25, -0.2) is 0 Å². The maximum Gasteiger partial charge on any atom is 0.0681 e. The molecule has 0 heterocycles. The first-order valence-corrected chi connectivity index (χ1v) is 3.76. The summed E-state index contributed by atoms with van der Waals surface area (Å²) in [5.41, 5.74) is 2.47. The predicted molar refractivity (Wildman–Crippen MR) is 48.5 cm³/mol. The van der Waals surface area contributed by atoms with E-state index in [1.807, 2.05) is 24.3 Å². The summed E-state index contributed by atoms with van der Waals surface area (Å²) in [5.74, 6) is 0. The maximum absolute atomic E-state index is 8.77. The van der Waals surface area contributed by atoms with Gasteiger partial charge < -0.3 is 10.2 Å². The molecule has 0 spiro atoms. The van der Waals surface area contributed by atoms with Gasteiger partial charge in [0.25, 0.3) is 0 Å². The highest BCUT2D eigenvalue weighted by Crippen LogP contribution is 2.12. The molecule has 0 aliphatic heterocycles. The van der Waals surface area contributed by atoms with Crippen LogP contribution in [0.4, 0.5) is 0 Å². The van der Waals surface area contributed by atoms with Crippen LogP contribution < -0.4 is 0 Å². The van der Waals surface area contributed by atoms with Gasteiger partial charge in [0.2, 0.25) is 0 Å². The van der Waals surface area contributed by atoms with E-state index >= 15 is 0 Å². The summed E-state index contributed by atoms with van der Waals surface area (Å²) in [4.78, 5) is 0. The van der Waals surface area contributed by atoms with Crippen molar-refractivity contribution in [3.63, 3.8) is 0 Å². The quantitative estimate of drug-likeness (QED) is 0.704. The van der Waals surface area contributed by atoms with E-state index in [4.69, 9.17) is 10.2 Å². The van der Waals surface area contributed by atoms with Crippen LogP contribution in [0.5, 0.6) is 0 Å². The summed E-state index contributed by atoms with van der Waals surface area (Å²) >= 11 is 0. The molecule has 0 aromatic heterocycles. The van der Waals surface area contributed by atoms with Gasteiger partial charge in [0.1, 0.15) is 0 Å². The summed E-state index contributed by atoms with van der Waals surface area (Å²) in [6.07, 6.45) is 0. The third-order valence-corrected chi connectivity index (χ3v) is 1.74. The molecule has 0 saturated heterocycles. The molecule has 2 heteroatoms. The minimum atomic E-state index is -0.0293. The molecule has 0 atom stereocenters. The van der Waals surface area contributed by atoms with E-state index in [1.54, 1.807) is 0 Å². The fraction of sp³-hybridized carbons (Fsp3) is 0.200. The van der Waals surface area contributed by atoms with Crippen molar-refractivity contribution in [2.24, 2.45) is 0 Å². The van der Waals surface area contributed by atoms with E-state index in [0.29, 0.717) is 5.57 Å². The first-order chi connectivity index (χ1) is 5.77. The predicted octanol–water partition coefficient (Wildman–Crippen LogP) is 1.18. The number of benzene rings is 1. The highest BCUT2D eigenvalue weighted by atomic mass is 16.3. The van der Waals surface area contributed by atoms with Gasteiger partial charge >= 0.3 is 0 Å². The Labute approximate surface area is 71.8 Å². The van der Waals surface area contributed by atoms with Gasteiger partial charge in [-0.2, -0.15) is 0 Å². The van der Waals surface area contributed by atoms with Crippen LogP contribution in [-0.2, 0) is 6.61 Å². The van der Waals surface area contributed by atoms with Crippen molar-refractivity contribution in [1.82, 2.24) is 0 Å².